The maximum atomic E-state index is 13.7. The summed E-state index contributed by atoms with van der Waals surface area (Å²) in [5.74, 6) is -0.861. The summed E-state index contributed by atoms with van der Waals surface area (Å²) in [7, 11) is 0. The first-order chi connectivity index (χ1) is 16.0. The predicted molar refractivity (Wildman–Crippen MR) is 128 cm³/mol. The largest absolute Gasteiger partial charge is 0.381 e. The Balaban J connectivity index is 1.64. The normalized spacial score (nSPS) is 13.9. The number of H-pyrrole nitrogens is 1. The third-order valence-electron chi connectivity index (χ3n) is 5.74. The summed E-state index contributed by atoms with van der Waals surface area (Å²) in [6, 6.07) is 4.20. The van der Waals surface area contributed by atoms with Crippen LogP contribution in [0.2, 0.25) is 0 Å². The van der Waals surface area contributed by atoms with E-state index in [9.17, 15) is 14.0 Å². The molecule has 33 heavy (non-hydrogen) atoms. The molecule has 0 aliphatic carbocycles. The number of benzene rings is 1. The van der Waals surface area contributed by atoms with E-state index in [1.807, 2.05) is 13.8 Å². The number of aromatic amines is 1. The van der Waals surface area contributed by atoms with Crippen molar-refractivity contribution in [1.29, 1.82) is 0 Å². The van der Waals surface area contributed by atoms with Crippen molar-refractivity contribution < 1.29 is 18.7 Å². The SMILES string of the molecule is CCc1[nH]c(/C=C2\C(=O)Nc3ccc(F)cc32)c(C)c1C(=O)NCCCOCCCCCN. The summed E-state index contributed by atoms with van der Waals surface area (Å²) in [5, 5.41) is 5.71. The van der Waals surface area contributed by atoms with Crippen LogP contribution in [-0.2, 0) is 16.0 Å². The molecule has 1 aliphatic heterocycles. The van der Waals surface area contributed by atoms with Gasteiger partial charge in [-0.25, -0.2) is 4.39 Å². The molecule has 0 bridgehead atoms. The van der Waals surface area contributed by atoms with Gasteiger partial charge in [0, 0.05) is 42.4 Å². The lowest BCUT2D eigenvalue weighted by atomic mass is 10.0. The van der Waals surface area contributed by atoms with Gasteiger partial charge in [-0.05, 0) is 75.4 Å². The number of hydrogen-bond acceptors (Lipinski definition) is 4. The van der Waals surface area contributed by atoms with Gasteiger partial charge in [-0.2, -0.15) is 0 Å². The molecule has 1 aliphatic rings. The number of nitrogens with two attached hydrogens (primary N) is 1. The number of unbranched alkanes of at least 4 members (excludes halogenated alkanes) is 2. The van der Waals surface area contributed by atoms with E-state index in [4.69, 9.17) is 10.5 Å². The van der Waals surface area contributed by atoms with Gasteiger partial charge >= 0.3 is 0 Å². The molecule has 0 atom stereocenters. The van der Waals surface area contributed by atoms with Gasteiger partial charge in [0.1, 0.15) is 5.82 Å². The Bertz CT molecular complexity index is 1030. The Labute approximate surface area is 194 Å². The summed E-state index contributed by atoms with van der Waals surface area (Å²) < 4.78 is 19.3. The fraction of sp³-hybridized carbons (Fsp3) is 0.440. The minimum atomic E-state index is -0.409. The van der Waals surface area contributed by atoms with E-state index in [0.717, 1.165) is 36.9 Å². The highest BCUT2D eigenvalue weighted by molar-refractivity contribution is 6.34. The van der Waals surface area contributed by atoms with Crippen LogP contribution in [0.5, 0.6) is 0 Å². The molecule has 0 saturated heterocycles. The Kier molecular flexibility index (Phi) is 8.79. The smallest absolute Gasteiger partial charge is 0.256 e. The standard InChI is InChI=1S/C25H33FN4O3/c1-3-20-23(25(32)28-11-7-13-33-12-6-4-5-10-27)16(2)22(29-20)15-19-18-14-17(26)8-9-21(18)30-24(19)31/h8-9,14-15,29H,3-7,10-13,27H2,1-2H3,(H,28,32)(H,30,31)/b19-15-. The fourth-order valence-corrected chi connectivity index (χ4v) is 3.94. The van der Waals surface area contributed by atoms with Gasteiger partial charge in [0.25, 0.3) is 11.8 Å². The molecular formula is C25H33FN4O3. The van der Waals surface area contributed by atoms with Gasteiger partial charge in [0.15, 0.2) is 0 Å². The minimum absolute atomic E-state index is 0.157. The zero-order valence-corrected chi connectivity index (χ0v) is 19.4. The van der Waals surface area contributed by atoms with Crippen molar-refractivity contribution in [2.75, 3.05) is 31.6 Å². The number of fused-ring (bicyclic) bond motifs is 1. The van der Waals surface area contributed by atoms with E-state index < -0.39 is 5.82 Å². The molecule has 178 valence electrons. The summed E-state index contributed by atoms with van der Waals surface area (Å²) >= 11 is 0. The number of halogens is 1. The van der Waals surface area contributed by atoms with Crippen molar-refractivity contribution in [2.45, 2.75) is 46.0 Å². The predicted octanol–water partition coefficient (Wildman–Crippen LogP) is 3.78. The van der Waals surface area contributed by atoms with Crippen LogP contribution in [0.4, 0.5) is 10.1 Å². The minimum Gasteiger partial charge on any atom is -0.381 e. The molecule has 5 N–H and O–H groups in total. The summed E-state index contributed by atoms with van der Waals surface area (Å²) in [4.78, 5) is 28.6. The monoisotopic (exact) mass is 456 g/mol. The number of hydrogen-bond donors (Lipinski definition) is 4. The van der Waals surface area contributed by atoms with Crippen molar-refractivity contribution in [3.63, 3.8) is 0 Å². The van der Waals surface area contributed by atoms with Gasteiger partial charge in [-0.15, -0.1) is 0 Å². The fourth-order valence-electron chi connectivity index (χ4n) is 3.94. The Morgan fingerprint density at radius 1 is 1.21 bits per heavy atom. The Hall–Kier alpha value is -2.97. The molecule has 2 heterocycles. The van der Waals surface area contributed by atoms with Crippen LogP contribution >= 0.6 is 0 Å². The van der Waals surface area contributed by atoms with E-state index in [1.165, 1.54) is 12.1 Å². The molecule has 0 unspecified atom stereocenters. The molecular weight excluding hydrogens is 423 g/mol. The number of aryl methyl sites for hydroxylation is 1. The molecule has 0 fully saturated rings. The van der Waals surface area contributed by atoms with Crippen LogP contribution in [0.15, 0.2) is 18.2 Å². The topological polar surface area (TPSA) is 109 Å². The number of amides is 2. The summed E-state index contributed by atoms with van der Waals surface area (Å²) in [6.07, 6.45) is 6.13. The highest BCUT2D eigenvalue weighted by Gasteiger charge is 2.26. The summed E-state index contributed by atoms with van der Waals surface area (Å²) in [6.45, 7) is 6.34. The van der Waals surface area contributed by atoms with E-state index in [0.29, 0.717) is 60.8 Å². The van der Waals surface area contributed by atoms with E-state index in [-0.39, 0.29) is 11.8 Å². The van der Waals surface area contributed by atoms with E-state index >= 15 is 0 Å². The zero-order chi connectivity index (χ0) is 23.8. The number of anilines is 1. The third kappa shape index (κ3) is 6.09. The molecule has 1 aromatic carbocycles. The molecule has 2 aromatic rings. The quantitative estimate of drug-likeness (QED) is 0.288. The zero-order valence-electron chi connectivity index (χ0n) is 19.4. The van der Waals surface area contributed by atoms with Crippen LogP contribution in [0.3, 0.4) is 0 Å². The average molecular weight is 457 g/mol. The number of aromatic nitrogens is 1. The molecule has 3 rings (SSSR count). The first-order valence-electron chi connectivity index (χ1n) is 11.6. The number of rotatable bonds is 12. The second-order valence-corrected chi connectivity index (χ2v) is 8.14. The summed E-state index contributed by atoms with van der Waals surface area (Å²) in [5.41, 5.74) is 9.74. The van der Waals surface area contributed by atoms with Crippen LogP contribution in [0.1, 0.15) is 65.5 Å². The molecule has 1 aromatic heterocycles. The molecule has 7 nitrogen and oxygen atoms in total. The van der Waals surface area contributed by atoms with E-state index in [2.05, 4.69) is 15.6 Å². The lowest BCUT2D eigenvalue weighted by Crippen LogP contribution is -2.26. The maximum Gasteiger partial charge on any atom is 0.256 e. The van der Waals surface area contributed by atoms with Crippen molar-refractivity contribution >= 4 is 29.2 Å². The number of nitrogens with one attached hydrogen (secondary N) is 3. The highest BCUT2D eigenvalue weighted by atomic mass is 19.1. The first kappa shape index (κ1) is 24.7. The molecule has 0 spiro atoms. The van der Waals surface area contributed by atoms with Gasteiger partial charge in [0.05, 0.1) is 11.1 Å². The lowest BCUT2D eigenvalue weighted by molar-refractivity contribution is -0.110. The van der Waals surface area contributed by atoms with Crippen LogP contribution < -0.4 is 16.4 Å². The molecule has 8 heteroatoms. The highest BCUT2D eigenvalue weighted by Crippen LogP contribution is 2.34. The Morgan fingerprint density at radius 3 is 2.76 bits per heavy atom. The second-order valence-electron chi connectivity index (χ2n) is 8.14. The van der Waals surface area contributed by atoms with E-state index in [1.54, 1.807) is 12.1 Å². The number of carbonyl (C=O) groups excluding carboxylic acids is 2. The van der Waals surface area contributed by atoms with Crippen molar-refractivity contribution in [2.24, 2.45) is 5.73 Å². The maximum absolute atomic E-state index is 13.7. The van der Waals surface area contributed by atoms with Crippen LogP contribution in [-0.4, -0.2) is 43.1 Å². The van der Waals surface area contributed by atoms with Crippen LogP contribution in [0, 0.1) is 12.7 Å². The second kappa shape index (κ2) is 11.8. The average Bonchev–Trinajstić information content (AvgIpc) is 3.28. The van der Waals surface area contributed by atoms with Gasteiger partial charge in [-0.3, -0.25) is 9.59 Å². The molecule has 0 radical (unpaired) electrons. The first-order valence-corrected chi connectivity index (χ1v) is 11.6. The van der Waals surface area contributed by atoms with Gasteiger partial charge in [-0.1, -0.05) is 6.92 Å². The van der Waals surface area contributed by atoms with Crippen molar-refractivity contribution in [3.8, 4) is 0 Å². The Morgan fingerprint density at radius 2 is 2.00 bits per heavy atom. The molecule has 0 saturated carbocycles. The van der Waals surface area contributed by atoms with Crippen LogP contribution in [0.25, 0.3) is 11.6 Å². The van der Waals surface area contributed by atoms with Crippen molar-refractivity contribution in [3.05, 3.63) is 52.1 Å². The lowest BCUT2D eigenvalue weighted by Gasteiger charge is -2.08. The third-order valence-corrected chi connectivity index (χ3v) is 5.74. The number of ether oxygens (including phenoxy) is 1. The molecule has 2 amide bonds. The van der Waals surface area contributed by atoms with Gasteiger partial charge in [0.2, 0.25) is 0 Å². The number of carbonyl (C=O) groups is 2. The van der Waals surface area contributed by atoms with Gasteiger partial charge < -0.3 is 26.1 Å². The van der Waals surface area contributed by atoms with Crippen molar-refractivity contribution in [1.82, 2.24) is 10.3 Å².